The van der Waals surface area contributed by atoms with Crippen molar-refractivity contribution in [2.24, 2.45) is 0 Å². The molecule has 64 heavy (non-hydrogen) atoms. The molecule has 6 aromatic carbocycles. The van der Waals surface area contributed by atoms with Gasteiger partial charge in [-0.3, -0.25) is 9.59 Å². The lowest BCUT2D eigenvalue weighted by molar-refractivity contribution is 0.0979. The molecule has 0 unspecified atom stereocenters. The second-order valence-corrected chi connectivity index (χ2v) is 18.3. The van der Waals surface area contributed by atoms with Crippen LogP contribution in [0.1, 0.15) is 196 Å². The largest absolute Gasteiger partial charge is 0.289 e. The summed E-state index contributed by atoms with van der Waals surface area (Å²) < 4.78 is 0. The standard InChI is InChI=1S/C60H66N2O2/c1-3-5-7-9-11-13-15-17-19-23-33-45-35-51-52(36-46(45)34-24-20-18-16-14-12-10-8-6-4-2)60(64)54-40-48-38-50-49(37-47(48)39-53(54)59(51)63)57(43-29-25-21-26-30-43)55(41-61)56(42-62)58(50)44-31-27-22-28-32-44/h21-22,25-32,35-40H,3-20,23-24,33-34H2,1-2H3. The Kier molecular flexibility index (Phi) is 16.7. The zero-order valence-electron chi connectivity index (χ0n) is 38.5. The molecule has 0 saturated heterocycles. The summed E-state index contributed by atoms with van der Waals surface area (Å²) in [6, 6.07) is 36.3. The first kappa shape index (κ1) is 46.2. The molecule has 0 bridgehead atoms. The van der Waals surface area contributed by atoms with Crippen molar-refractivity contribution in [1.82, 2.24) is 0 Å². The number of ketones is 2. The molecular weight excluding hydrogens is 781 g/mol. The topological polar surface area (TPSA) is 81.7 Å². The van der Waals surface area contributed by atoms with Crippen LogP contribution in [0, 0.1) is 22.7 Å². The van der Waals surface area contributed by atoms with E-state index in [9.17, 15) is 20.1 Å². The SMILES string of the molecule is CCCCCCCCCCCCc1cc2c(cc1CCCCCCCCCCCC)C(=O)c1cc3cc4c(-c5ccccc5)c(C#N)c(C#N)c(-c5ccccc5)c4cc3cc1C2=O. The summed E-state index contributed by atoms with van der Waals surface area (Å²) in [6.07, 6.45) is 27.4. The van der Waals surface area contributed by atoms with Crippen LogP contribution in [0.4, 0.5) is 0 Å². The number of fused-ring (bicyclic) bond motifs is 4. The average Bonchev–Trinajstić information content (AvgIpc) is 3.33. The number of rotatable bonds is 24. The normalized spacial score (nSPS) is 12.1. The van der Waals surface area contributed by atoms with Gasteiger partial charge >= 0.3 is 0 Å². The monoisotopic (exact) mass is 847 g/mol. The summed E-state index contributed by atoms with van der Waals surface area (Å²) in [5.74, 6) is -0.209. The lowest BCUT2D eigenvalue weighted by atomic mass is 9.79. The van der Waals surface area contributed by atoms with Gasteiger partial charge in [-0.15, -0.1) is 0 Å². The highest BCUT2D eigenvalue weighted by Crippen LogP contribution is 2.44. The molecular formula is C60H66N2O2. The second-order valence-electron chi connectivity index (χ2n) is 18.3. The number of unbranched alkanes of at least 4 members (excludes halogenated alkanes) is 18. The summed E-state index contributed by atoms with van der Waals surface area (Å²) >= 11 is 0. The first-order valence-corrected chi connectivity index (χ1v) is 24.8. The van der Waals surface area contributed by atoms with E-state index in [0.29, 0.717) is 44.5 Å². The lowest BCUT2D eigenvalue weighted by Crippen LogP contribution is -2.22. The molecule has 0 aliphatic heterocycles. The molecule has 0 spiro atoms. The third-order valence-corrected chi connectivity index (χ3v) is 13.7. The van der Waals surface area contributed by atoms with Crippen LogP contribution in [0.25, 0.3) is 43.8 Å². The van der Waals surface area contributed by atoms with Crippen molar-refractivity contribution in [3.05, 3.63) is 142 Å². The lowest BCUT2D eigenvalue weighted by Gasteiger charge is -2.22. The van der Waals surface area contributed by atoms with E-state index in [4.69, 9.17) is 0 Å². The highest BCUT2D eigenvalue weighted by Gasteiger charge is 2.32. The van der Waals surface area contributed by atoms with E-state index in [1.54, 1.807) is 0 Å². The van der Waals surface area contributed by atoms with Gasteiger partial charge in [0.2, 0.25) is 0 Å². The predicted molar refractivity (Wildman–Crippen MR) is 266 cm³/mol. The summed E-state index contributed by atoms with van der Waals surface area (Å²) in [4.78, 5) is 29.4. The minimum absolute atomic E-state index is 0.104. The molecule has 0 heterocycles. The van der Waals surface area contributed by atoms with Crippen molar-refractivity contribution < 1.29 is 9.59 Å². The number of hydrogen-bond donors (Lipinski definition) is 0. The molecule has 0 radical (unpaired) electrons. The predicted octanol–water partition coefficient (Wildman–Crippen LogP) is 16.8. The number of hydrogen-bond acceptors (Lipinski definition) is 4. The van der Waals surface area contributed by atoms with Gasteiger partial charge in [-0.1, -0.05) is 190 Å². The van der Waals surface area contributed by atoms with Crippen LogP contribution in [0.5, 0.6) is 0 Å². The molecule has 1 aliphatic carbocycles. The van der Waals surface area contributed by atoms with Crippen LogP contribution in [-0.4, -0.2) is 11.6 Å². The van der Waals surface area contributed by atoms with E-state index in [0.717, 1.165) is 58.4 Å². The molecule has 6 aromatic rings. The number of carbonyl (C=O) groups is 2. The Morgan fingerprint density at radius 2 is 0.703 bits per heavy atom. The highest BCUT2D eigenvalue weighted by molar-refractivity contribution is 6.30. The molecule has 1 aliphatic rings. The number of benzene rings is 6. The van der Waals surface area contributed by atoms with E-state index in [1.165, 1.54) is 127 Å². The van der Waals surface area contributed by atoms with Gasteiger partial charge < -0.3 is 0 Å². The Morgan fingerprint density at radius 1 is 0.391 bits per heavy atom. The Bertz CT molecular complexity index is 2460. The van der Waals surface area contributed by atoms with Crippen molar-refractivity contribution in [3.8, 4) is 34.4 Å². The quantitative estimate of drug-likeness (QED) is 0.0448. The van der Waals surface area contributed by atoms with Crippen molar-refractivity contribution in [3.63, 3.8) is 0 Å². The van der Waals surface area contributed by atoms with Gasteiger partial charge in [0.05, 0.1) is 11.1 Å². The van der Waals surface area contributed by atoms with E-state index in [-0.39, 0.29) is 11.6 Å². The van der Waals surface area contributed by atoms with Crippen molar-refractivity contribution in [2.75, 3.05) is 0 Å². The fraction of sp³-hybridized carbons (Fsp3) is 0.400. The van der Waals surface area contributed by atoms with Gasteiger partial charge in [-0.2, -0.15) is 10.5 Å². The van der Waals surface area contributed by atoms with Crippen LogP contribution in [0.3, 0.4) is 0 Å². The van der Waals surface area contributed by atoms with Gasteiger partial charge in [0.25, 0.3) is 0 Å². The van der Waals surface area contributed by atoms with Crippen LogP contribution < -0.4 is 0 Å². The summed E-state index contributed by atoms with van der Waals surface area (Å²) in [7, 11) is 0. The van der Waals surface area contributed by atoms with Gasteiger partial charge in [0.15, 0.2) is 11.6 Å². The number of nitriles is 2. The molecule has 0 atom stereocenters. The maximum Gasteiger partial charge on any atom is 0.194 e. The third kappa shape index (κ3) is 10.7. The fourth-order valence-corrected chi connectivity index (χ4v) is 10.1. The Hall–Kier alpha value is -5.84. The molecule has 0 N–H and O–H groups in total. The Morgan fingerprint density at radius 3 is 1.03 bits per heavy atom. The second kappa shape index (κ2) is 23.2. The molecule has 0 fully saturated rings. The minimum Gasteiger partial charge on any atom is -0.289 e. The van der Waals surface area contributed by atoms with E-state index in [2.05, 4.69) is 38.1 Å². The van der Waals surface area contributed by atoms with Crippen LogP contribution in [-0.2, 0) is 12.8 Å². The summed E-state index contributed by atoms with van der Waals surface area (Å²) in [5.41, 5.74) is 8.03. The maximum absolute atomic E-state index is 14.7. The highest BCUT2D eigenvalue weighted by atomic mass is 16.1. The van der Waals surface area contributed by atoms with Gasteiger partial charge in [0.1, 0.15) is 12.1 Å². The summed E-state index contributed by atoms with van der Waals surface area (Å²) in [5, 5.41) is 24.6. The fourth-order valence-electron chi connectivity index (χ4n) is 10.1. The van der Waals surface area contributed by atoms with Crippen LogP contribution in [0.15, 0.2) is 97.1 Å². The van der Waals surface area contributed by atoms with Gasteiger partial charge in [-0.05, 0) is 106 Å². The first-order chi connectivity index (χ1) is 31.5. The van der Waals surface area contributed by atoms with Crippen molar-refractivity contribution >= 4 is 33.1 Å². The Labute approximate surface area is 382 Å². The van der Waals surface area contributed by atoms with Crippen LogP contribution >= 0.6 is 0 Å². The molecule has 328 valence electrons. The number of aryl methyl sites for hydroxylation is 2. The van der Waals surface area contributed by atoms with E-state index in [1.807, 2.05) is 84.9 Å². The third-order valence-electron chi connectivity index (χ3n) is 13.7. The van der Waals surface area contributed by atoms with Crippen molar-refractivity contribution in [2.45, 2.75) is 155 Å². The van der Waals surface area contributed by atoms with Crippen molar-refractivity contribution in [1.29, 1.82) is 10.5 Å². The molecule has 7 rings (SSSR count). The zero-order valence-corrected chi connectivity index (χ0v) is 38.5. The maximum atomic E-state index is 14.7. The van der Waals surface area contributed by atoms with Crippen LogP contribution in [0.2, 0.25) is 0 Å². The zero-order chi connectivity index (χ0) is 44.7. The average molecular weight is 847 g/mol. The first-order valence-electron chi connectivity index (χ1n) is 24.8. The summed E-state index contributed by atoms with van der Waals surface area (Å²) in [6.45, 7) is 4.54. The van der Waals surface area contributed by atoms with E-state index < -0.39 is 0 Å². The number of carbonyl (C=O) groups excluding carboxylic acids is 2. The van der Waals surface area contributed by atoms with Gasteiger partial charge in [-0.25, -0.2) is 0 Å². The molecule has 0 saturated carbocycles. The number of nitrogens with zero attached hydrogens (tertiary/aromatic N) is 2. The minimum atomic E-state index is -0.104. The molecule has 4 nitrogen and oxygen atoms in total. The molecule has 4 heteroatoms. The molecule has 0 amide bonds. The Balaban J connectivity index is 1.21. The smallest absolute Gasteiger partial charge is 0.194 e. The van der Waals surface area contributed by atoms with E-state index >= 15 is 0 Å². The molecule has 0 aromatic heterocycles. The van der Waals surface area contributed by atoms with Gasteiger partial charge in [0, 0.05) is 33.4 Å².